The first-order valence-electron chi connectivity index (χ1n) is 9.94. The van der Waals surface area contributed by atoms with Crippen molar-refractivity contribution in [1.82, 2.24) is 10.3 Å². The summed E-state index contributed by atoms with van der Waals surface area (Å²) in [6.07, 6.45) is 4.12. The van der Waals surface area contributed by atoms with Crippen LogP contribution in [0.4, 0.5) is 10.2 Å². The number of hydrogen-bond acceptors (Lipinski definition) is 4. The predicted molar refractivity (Wildman–Crippen MR) is 104 cm³/mol. The third kappa shape index (κ3) is 2.70. The molecule has 5 rings (SSSR count). The first-order valence-corrected chi connectivity index (χ1v) is 9.94. The van der Waals surface area contributed by atoms with Crippen LogP contribution in [0.1, 0.15) is 28.8 Å². The average molecular weight is 381 g/mol. The van der Waals surface area contributed by atoms with Crippen LogP contribution in [0.25, 0.3) is 0 Å². The highest BCUT2D eigenvalue weighted by molar-refractivity contribution is 5.95. The number of nitrogens with zero attached hydrogens (tertiary/aromatic N) is 2. The van der Waals surface area contributed by atoms with Gasteiger partial charge in [-0.2, -0.15) is 0 Å². The Balaban J connectivity index is 1.30. The smallest absolute Gasteiger partial charge is 0.251 e. The molecule has 3 aliphatic heterocycles. The molecule has 1 aromatic carbocycles. The topological polar surface area (TPSA) is 54.5 Å². The summed E-state index contributed by atoms with van der Waals surface area (Å²) in [5.74, 6) is 1.07. The van der Waals surface area contributed by atoms with Gasteiger partial charge < -0.3 is 15.0 Å². The fourth-order valence-electron chi connectivity index (χ4n) is 5.34. The minimum absolute atomic E-state index is 0.119. The minimum Gasteiger partial charge on any atom is -0.369 e. The van der Waals surface area contributed by atoms with Gasteiger partial charge in [0.1, 0.15) is 11.6 Å². The van der Waals surface area contributed by atoms with Crippen LogP contribution >= 0.6 is 0 Å². The summed E-state index contributed by atoms with van der Waals surface area (Å²) in [6.45, 7) is 3.95. The molecule has 28 heavy (non-hydrogen) atoms. The predicted octanol–water partition coefficient (Wildman–Crippen LogP) is 2.94. The molecule has 1 N–H and O–H groups in total. The van der Waals surface area contributed by atoms with Gasteiger partial charge in [0.25, 0.3) is 5.91 Å². The zero-order chi connectivity index (χ0) is 19.3. The maximum atomic E-state index is 13.8. The van der Waals surface area contributed by atoms with Crippen molar-refractivity contribution >= 4 is 11.7 Å². The van der Waals surface area contributed by atoms with Gasteiger partial charge in [0.2, 0.25) is 0 Å². The van der Waals surface area contributed by atoms with E-state index in [4.69, 9.17) is 4.74 Å². The molecular formula is C22H24FN3O2. The molecule has 3 saturated heterocycles. The van der Waals surface area contributed by atoms with Gasteiger partial charge in [-0.1, -0.05) is 12.1 Å². The average Bonchev–Trinajstić information content (AvgIpc) is 3.37. The summed E-state index contributed by atoms with van der Waals surface area (Å²) in [7, 11) is 0. The molecule has 5 nitrogen and oxygen atoms in total. The van der Waals surface area contributed by atoms with Crippen molar-refractivity contribution in [3.8, 4) is 0 Å². The van der Waals surface area contributed by atoms with Gasteiger partial charge in [-0.3, -0.25) is 4.79 Å². The number of aromatic nitrogens is 1. The van der Waals surface area contributed by atoms with Crippen LogP contribution in [0.3, 0.4) is 0 Å². The lowest BCUT2D eigenvalue weighted by Gasteiger charge is -2.29. The largest absolute Gasteiger partial charge is 0.369 e. The van der Waals surface area contributed by atoms with E-state index in [1.54, 1.807) is 19.1 Å². The SMILES string of the molecule is Cc1c(F)cccc1C(=O)NC[C@H]1[C@H]2CN(c3ccccn3)C[C@]23CC[C@H]1O3. The van der Waals surface area contributed by atoms with Crippen LogP contribution in [0.5, 0.6) is 0 Å². The number of carbonyl (C=O) groups is 1. The van der Waals surface area contributed by atoms with Gasteiger partial charge in [-0.25, -0.2) is 9.37 Å². The number of anilines is 1. The van der Waals surface area contributed by atoms with Crippen molar-refractivity contribution in [2.24, 2.45) is 11.8 Å². The lowest BCUT2D eigenvalue weighted by Crippen LogP contribution is -2.42. The molecule has 0 saturated carbocycles. The molecule has 4 atom stereocenters. The van der Waals surface area contributed by atoms with E-state index in [9.17, 15) is 9.18 Å². The molecule has 3 fully saturated rings. The number of pyridine rings is 1. The van der Waals surface area contributed by atoms with Crippen LogP contribution in [0.15, 0.2) is 42.6 Å². The third-order valence-corrected chi connectivity index (χ3v) is 6.77. The van der Waals surface area contributed by atoms with Crippen LogP contribution in [0.2, 0.25) is 0 Å². The van der Waals surface area contributed by atoms with Crippen LogP contribution < -0.4 is 10.2 Å². The molecule has 1 spiro atoms. The summed E-state index contributed by atoms with van der Waals surface area (Å²) in [4.78, 5) is 19.4. The summed E-state index contributed by atoms with van der Waals surface area (Å²) in [5.41, 5.74) is 0.676. The molecule has 2 bridgehead atoms. The van der Waals surface area contributed by atoms with E-state index in [1.807, 2.05) is 24.4 Å². The summed E-state index contributed by atoms with van der Waals surface area (Å²) >= 11 is 0. The highest BCUT2D eigenvalue weighted by Gasteiger charge is 2.63. The number of fused-ring (bicyclic) bond motifs is 1. The zero-order valence-corrected chi connectivity index (χ0v) is 15.9. The van der Waals surface area contributed by atoms with Crippen molar-refractivity contribution in [2.75, 3.05) is 24.5 Å². The Morgan fingerprint density at radius 3 is 3.07 bits per heavy atom. The molecule has 3 aliphatic rings. The standard InChI is InChI=1S/C22H24FN3O2/c1-14-15(5-4-6-18(14)23)21(27)25-11-16-17-12-26(20-7-2-3-10-24-20)13-22(17)9-8-19(16)28-22/h2-7,10,16-17,19H,8-9,11-13H2,1H3,(H,25,27)/t16-,17+,19+,22+/m0/s1. The lowest BCUT2D eigenvalue weighted by molar-refractivity contribution is 0.0141. The van der Waals surface area contributed by atoms with Crippen molar-refractivity contribution in [2.45, 2.75) is 31.5 Å². The van der Waals surface area contributed by atoms with Gasteiger partial charge >= 0.3 is 0 Å². The van der Waals surface area contributed by atoms with Crippen LogP contribution in [-0.4, -0.2) is 42.2 Å². The Morgan fingerprint density at radius 2 is 2.25 bits per heavy atom. The maximum absolute atomic E-state index is 13.8. The van der Waals surface area contributed by atoms with E-state index < -0.39 is 0 Å². The van der Waals surface area contributed by atoms with E-state index in [0.717, 1.165) is 31.7 Å². The highest BCUT2D eigenvalue weighted by Crippen LogP contribution is 2.55. The summed E-state index contributed by atoms with van der Waals surface area (Å²) < 4.78 is 20.2. The fourth-order valence-corrected chi connectivity index (χ4v) is 5.34. The molecule has 0 unspecified atom stereocenters. The Morgan fingerprint density at radius 1 is 1.36 bits per heavy atom. The molecule has 4 heterocycles. The second-order valence-electron chi connectivity index (χ2n) is 8.22. The molecule has 2 aromatic rings. The molecule has 1 aromatic heterocycles. The van der Waals surface area contributed by atoms with Crippen molar-refractivity contribution in [1.29, 1.82) is 0 Å². The van der Waals surface area contributed by atoms with E-state index in [1.165, 1.54) is 6.07 Å². The molecular weight excluding hydrogens is 357 g/mol. The quantitative estimate of drug-likeness (QED) is 0.885. The van der Waals surface area contributed by atoms with Gasteiger partial charge in [-0.05, 0) is 49.6 Å². The molecule has 0 aliphatic carbocycles. The Labute approximate surface area is 163 Å². The monoisotopic (exact) mass is 381 g/mol. The van der Waals surface area contributed by atoms with Crippen molar-refractivity contribution in [3.05, 3.63) is 59.5 Å². The lowest BCUT2D eigenvalue weighted by atomic mass is 9.73. The van der Waals surface area contributed by atoms with Gasteiger partial charge in [-0.15, -0.1) is 0 Å². The van der Waals surface area contributed by atoms with Gasteiger partial charge in [0.05, 0.1) is 11.7 Å². The molecule has 146 valence electrons. The highest BCUT2D eigenvalue weighted by atomic mass is 19.1. The van der Waals surface area contributed by atoms with Crippen molar-refractivity contribution in [3.63, 3.8) is 0 Å². The number of ether oxygens (including phenoxy) is 1. The third-order valence-electron chi connectivity index (χ3n) is 6.77. The summed E-state index contributed by atoms with van der Waals surface area (Å²) in [5, 5.41) is 3.04. The number of carbonyl (C=O) groups excluding carboxylic acids is 1. The number of hydrogen-bond donors (Lipinski definition) is 1. The van der Waals surface area contributed by atoms with Gasteiger partial charge in [0, 0.05) is 43.2 Å². The second kappa shape index (κ2) is 6.55. The number of benzene rings is 1. The Bertz CT molecular complexity index is 906. The minimum atomic E-state index is -0.350. The van der Waals surface area contributed by atoms with Crippen molar-refractivity contribution < 1.29 is 13.9 Å². The van der Waals surface area contributed by atoms with Crippen LogP contribution in [-0.2, 0) is 4.74 Å². The number of halogens is 1. The van der Waals surface area contributed by atoms with E-state index in [-0.39, 0.29) is 29.3 Å². The van der Waals surface area contributed by atoms with E-state index in [0.29, 0.717) is 23.6 Å². The van der Waals surface area contributed by atoms with E-state index in [2.05, 4.69) is 15.2 Å². The molecule has 0 radical (unpaired) electrons. The Hall–Kier alpha value is -2.47. The van der Waals surface area contributed by atoms with E-state index >= 15 is 0 Å². The Kier molecular flexibility index (Phi) is 4.12. The first kappa shape index (κ1) is 17.6. The second-order valence-corrected chi connectivity index (χ2v) is 8.22. The van der Waals surface area contributed by atoms with Gasteiger partial charge in [0.15, 0.2) is 0 Å². The number of rotatable bonds is 4. The fraction of sp³-hybridized carbons (Fsp3) is 0.455. The zero-order valence-electron chi connectivity index (χ0n) is 15.9. The number of amides is 1. The molecule has 6 heteroatoms. The number of nitrogens with one attached hydrogen (secondary N) is 1. The maximum Gasteiger partial charge on any atom is 0.251 e. The van der Waals surface area contributed by atoms with Crippen LogP contribution in [0, 0.1) is 24.6 Å². The molecule has 1 amide bonds. The summed E-state index contributed by atoms with van der Waals surface area (Å²) in [6, 6.07) is 10.6. The first-order chi connectivity index (χ1) is 13.6. The normalized spacial score (nSPS) is 30.5.